The minimum absolute atomic E-state index is 0.0902. The van der Waals surface area contributed by atoms with E-state index in [0.29, 0.717) is 5.69 Å². The molecule has 0 aliphatic carbocycles. The number of hydrogen-bond donors (Lipinski definition) is 2. The number of carbonyl (C=O) groups is 1. The van der Waals surface area contributed by atoms with Gasteiger partial charge in [-0.05, 0) is 33.3 Å². The van der Waals surface area contributed by atoms with Crippen LogP contribution in [0.4, 0.5) is 11.4 Å². The summed E-state index contributed by atoms with van der Waals surface area (Å²) in [7, 11) is 0. The number of rotatable bonds is 3. The van der Waals surface area contributed by atoms with Crippen LogP contribution in [0, 0.1) is 10.1 Å². The third kappa shape index (κ3) is 2.48. The highest BCUT2D eigenvalue weighted by atomic mass is 79.9. The number of aromatic amines is 1. The summed E-state index contributed by atoms with van der Waals surface area (Å²) in [5.74, 6) is -0.686. The third-order valence-electron chi connectivity index (χ3n) is 1.95. The first-order chi connectivity index (χ1) is 8.58. The number of carbonyl (C=O) groups excluding carboxylic acids is 1. The minimum atomic E-state index is -0.565. The summed E-state index contributed by atoms with van der Waals surface area (Å²) in [5.41, 5.74) is 0.287. The van der Waals surface area contributed by atoms with Crippen molar-refractivity contribution in [2.24, 2.45) is 0 Å². The molecule has 2 rings (SSSR count). The van der Waals surface area contributed by atoms with Crippen LogP contribution in [-0.2, 0) is 0 Å². The molecule has 0 saturated carbocycles. The lowest BCUT2D eigenvalue weighted by Gasteiger charge is -2.03. The molecule has 1 aromatic carbocycles. The van der Waals surface area contributed by atoms with Gasteiger partial charge in [0.15, 0.2) is 0 Å². The van der Waals surface area contributed by atoms with E-state index in [0.717, 1.165) is 0 Å². The zero-order chi connectivity index (χ0) is 13.1. The van der Waals surface area contributed by atoms with Crippen LogP contribution in [-0.4, -0.2) is 31.5 Å². The Kier molecular flexibility index (Phi) is 3.28. The van der Waals surface area contributed by atoms with E-state index in [4.69, 9.17) is 0 Å². The van der Waals surface area contributed by atoms with Crippen molar-refractivity contribution in [1.82, 2.24) is 20.6 Å². The van der Waals surface area contributed by atoms with E-state index in [1.807, 2.05) is 0 Å². The molecule has 92 valence electrons. The molecular weight excluding hydrogens is 308 g/mol. The Labute approximate surface area is 108 Å². The number of hydrogen-bond acceptors (Lipinski definition) is 6. The number of nitrogens with one attached hydrogen (secondary N) is 2. The van der Waals surface area contributed by atoms with Gasteiger partial charge in [-0.3, -0.25) is 14.9 Å². The van der Waals surface area contributed by atoms with Crippen molar-refractivity contribution in [3.8, 4) is 0 Å². The highest BCUT2D eigenvalue weighted by molar-refractivity contribution is 9.10. The van der Waals surface area contributed by atoms with Crippen molar-refractivity contribution in [2.45, 2.75) is 0 Å². The zero-order valence-corrected chi connectivity index (χ0v) is 10.2. The highest BCUT2D eigenvalue weighted by Gasteiger charge is 2.15. The SMILES string of the molecule is O=C(Nc1ccc([N+](=O)[O-])c(Br)c1)c1nn[nH]n1. The molecule has 0 radical (unpaired) electrons. The lowest BCUT2D eigenvalue weighted by molar-refractivity contribution is -0.385. The molecule has 1 heterocycles. The summed E-state index contributed by atoms with van der Waals surface area (Å²) < 4.78 is 0.262. The Hall–Kier alpha value is -2.36. The van der Waals surface area contributed by atoms with Gasteiger partial charge in [0, 0.05) is 11.8 Å². The molecule has 0 atom stereocenters. The number of H-pyrrole nitrogens is 1. The molecule has 0 bridgehead atoms. The van der Waals surface area contributed by atoms with Gasteiger partial charge in [0.05, 0.1) is 9.40 Å². The maximum atomic E-state index is 11.6. The summed E-state index contributed by atoms with van der Waals surface area (Å²) >= 11 is 3.04. The Morgan fingerprint density at radius 2 is 2.28 bits per heavy atom. The van der Waals surface area contributed by atoms with E-state index in [1.54, 1.807) is 0 Å². The van der Waals surface area contributed by atoms with Crippen LogP contribution in [0.25, 0.3) is 0 Å². The molecular formula is C8H5BrN6O3. The predicted molar refractivity (Wildman–Crippen MR) is 62.9 cm³/mol. The molecule has 0 fully saturated rings. The Morgan fingerprint density at radius 3 is 2.83 bits per heavy atom. The monoisotopic (exact) mass is 312 g/mol. The summed E-state index contributed by atoms with van der Waals surface area (Å²) in [6.07, 6.45) is 0. The van der Waals surface area contributed by atoms with E-state index >= 15 is 0 Å². The molecule has 9 nitrogen and oxygen atoms in total. The lowest BCUT2D eigenvalue weighted by atomic mass is 10.3. The first kappa shape index (κ1) is 12.1. The molecule has 18 heavy (non-hydrogen) atoms. The van der Waals surface area contributed by atoms with Crippen molar-refractivity contribution in [2.75, 3.05) is 5.32 Å². The minimum Gasteiger partial charge on any atom is -0.319 e. The number of halogens is 1. The van der Waals surface area contributed by atoms with E-state index < -0.39 is 10.8 Å². The molecule has 0 unspecified atom stereocenters. The zero-order valence-electron chi connectivity index (χ0n) is 8.62. The van der Waals surface area contributed by atoms with E-state index in [9.17, 15) is 14.9 Å². The van der Waals surface area contributed by atoms with Crippen molar-refractivity contribution in [3.63, 3.8) is 0 Å². The van der Waals surface area contributed by atoms with Gasteiger partial charge in [0.25, 0.3) is 17.4 Å². The van der Waals surface area contributed by atoms with Crippen LogP contribution in [0.1, 0.15) is 10.6 Å². The standard InChI is InChI=1S/C8H5BrN6O3/c9-5-3-4(1-2-6(5)15(17)18)10-8(16)7-11-13-14-12-7/h1-3H,(H,10,16)(H,11,12,13,14). The molecule has 2 aromatic rings. The van der Waals surface area contributed by atoms with Crippen LogP contribution < -0.4 is 5.32 Å². The van der Waals surface area contributed by atoms with Crippen LogP contribution in [0.3, 0.4) is 0 Å². The molecule has 0 aliphatic heterocycles. The largest absolute Gasteiger partial charge is 0.319 e. The second-order valence-electron chi connectivity index (χ2n) is 3.11. The molecule has 10 heteroatoms. The normalized spacial score (nSPS) is 10.1. The van der Waals surface area contributed by atoms with Gasteiger partial charge >= 0.3 is 0 Å². The number of nitrogens with zero attached hydrogens (tertiary/aromatic N) is 4. The number of aromatic nitrogens is 4. The highest BCUT2D eigenvalue weighted by Crippen LogP contribution is 2.27. The van der Waals surface area contributed by atoms with Crippen LogP contribution in [0.2, 0.25) is 0 Å². The Balaban J connectivity index is 2.18. The van der Waals surface area contributed by atoms with Crippen molar-refractivity contribution in [3.05, 3.63) is 38.6 Å². The quantitative estimate of drug-likeness (QED) is 0.646. The molecule has 2 N–H and O–H groups in total. The van der Waals surface area contributed by atoms with Gasteiger partial charge in [0.1, 0.15) is 0 Å². The molecule has 0 aliphatic rings. The van der Waals surface area contributed by atoms with Gasteiger partial charge < -0.3 is 5.32 Å². The Bertz CT molecular complexity index is 599. The number of benzene rings is 1. The summed E-state index contributed by atoms with van der Waals surface area (Å²) in [6.45, 7) is 0. The molecule has 0 saturated heterocycles. The van der Waals surface area contributed by atoms with Crippen LogP contribution in [0.5, 0.6) is 0 Å². The van der Waals surface area contributed by atoms with E-state index in [2.05, 4.69) is 41.9 Å². The van der Waals surface area contributed by atoms with Gasteiger partial charge in [-0.25, -0.2) is 0 Å². The second kappa shape index (κ2) is 4.87. The summed E-state index contributed by atoms with van der Waals surface area (Å²) in [4.78, 5) is 21.6. The van der Waals surface area contributed by atoms with Crippen LogP contribution >= 0.6 is 15.9 Å². The molecule has 0 spiro atoms. The average molecular weight is 313 g/mol. The van der Waals surface area contributed by atoms with Crippen molar-refractivity contribution in [1.29, 1.82) is 0 Å². The predicted octanol–water partition coefficient (Wildman–Crippen LogP) is 1.12. The number of amides is 1. The number of nitro groups is 1. The lowest BCUT2D eigenvalue weighted by Crippen LogP contribution is -2.13. The molecule has 1 amide bonds. The fraction of sp³-hybridized carbons (Fsp3) is 0. The van der Waals surface area contributed by atoms with Gasteiger partial charge in [-0.1, -0.05) is 0 Å². The number of anilines is 1. The smallest absolute Gasteiger partial charge is 0.297 e. The fourth-order valence-corrected chi connectivity index (χ4v) is 1.70. The van der Waals surface area contributed by atoms with Gasteiger partial charge in [-0.2, -0.15) is 5.21 Å². The topological polar surface area (TPSA) is 127 Å². The van der Waals surface area contributed by atoms with Crippen molar-refractivity contribution < 1.29 is 9.72 Å². The first-order valence-corrected chi connectivity index (χ1v) is 5.36. The van der Waals surface area contributed by atoms with Crippen LogP contribution in [0.15, 0.2) is 22.7 Å². The first-order valence-electron chi connectivity index (χ1n) is 4.56. The van der Waals surface area contributed by atoms with E-state index in [-0.39, 0.29) is 16.0 Å². The second-order valence-corrected chi connectivity index (χ2v) is 3.97. The van der Waals surface area contributed by atoms with E-state index in [1.165, 1.54) is 18.2 Å². The third-order valence-corrected chi connectivity index (χ3v) is 2.59. The Morgan fingerprint density at radius 1 is 1.50 bits per heavy atom. The number of tetrazole rings is 1. The van der Waals surface area contributed by atoms with Gasteiger partial charge in [0.2, 0.25) is 0 Å². The maximum Gasteiger partial charge on any atom is 0.297 e. The average Bonchev–Trinajstić information content (AvgIpc) is 2.81. The van der Waals surface area contributed by atoms with Gasteiger partial charge in [-0.15, -0.1) is 10.2 Å². The molecule has 1 aromatic heterocycles. The maximum absolute atomic E-state index is 11.6. The fourth-order valence-electron chi connectivity index (χ4n) is 1.18. The van der Waals surface area contributed by atoms with Crippen molar-refractivity contribution >= 4 is 33.2 Å². The number of nitro benzene ring substituents is 1. The summed E-state index contributed by atoms with van der Waals surface area (Å²) in [5, 5.41) is 25.5. The summed E-state index contributed by atoms with van der Waals surface area (Å²) in [6, 6.07) is 4.09.